The van der Waals surface area contributed by atoms with E-state index in [4.69, 9.17) is 4.42 Å². The van der Waals surface area contributed by atoms with Crippen molar-refractivity contribution in [3.05, 3.63) is 65.9 Å². The summed E-state index contributed by atoms with van der Waals surface area (Å²) in [6.45, 7) is 8.41. The summed E-state index contributed by atoms with van der Waals surface area (Å²) < 4.78 is 7.61. The molecule has 1 amide bonds. The Labute approximate surface area is 194 Å². The summed E-state index contributed by atoms with van der Waals surface area (Å²) >= 11 is 1.49. The van der Waals surface area contributed by atoms with E-state index in [1.807, 2.05) is 24.0 Å². The predicted molar refractivity (Wildman–Crippen MR) is 127 cm³/mol. The topological polar surface area (TPSA) is 64.2 Å². The molecule has 0 spiro atoms. The zero-order valence-corrected chi connectivity index (χ0v) is 19.9. The lowest BCUT2D eigenvalue weighted by Gasteiger charge is -2.33. The third-order valence-electron chi connectivity index (χ3n) is 6.08. The molecule has 3 aromatic rings. The lowest BCUT2D eigenvalue weighted by atomic mass is 9.90. The van der Waals surface area contributed by atoms with Crippen LogP contribution in [0.3, 0.4) is 0 Å². The molecule has 0 bridgehead atoms. The molecule has 0 saturated carbocycles. The second kappa shape index (κ2) is 10.4. The Morgan fingerprint density at radius 2 is 1.84 bits per heavy atom. The average molecular weight is 453 g/mol. The summed E-state index contributed by atoms with van der Waals surface area (Å²) in [4.78, 5) is 15.2. The van der Waals surface area contributed by atoms with Crippen LogP contribution in [-0.4, -0.2) is 43.9 Å². The number of rotatable bonds is 8. The highest BCUT2D eigenvalue weighted by Crippen LogP contribution is 2.29. The van der Waals surface area contributed by atoms with Gasteiger partial charge in [0, 0.05) is 19.0 Å². The molecule has 1 unspecified atom stereocenters. The molecule has 3 heterocycles. The number of nitrogens with zero attached hydrogens (tertiary/aromatic N) is 4. The molecule has 1 fully saturated rings. The van der Waals surface area contributed by atoms with E-state index in [0.29, 0.717) is 12.5 Å². The number of benzene rings is 1. The van der Waals surface area contributed by atoms with Crippen molar-refractivity contribution >= 4 is 17.7 Å². The number of carbonyl (C=O) groups excluding carboxylic acids is 1. The second-order valence-electron chi connectivity index (χ2n) is 8.88. The fourth-order valence-corrected chi connectivity index (χ4v) is 5.23. The van der Waals surface area contributed by atoms with Crippen molar-refractivity contribution in [2.24, 2.45) is 5.92 Å². The SMILES string of the molecule is CC(Sc1nnc(C(C)C)n1Cc1ccco1)C(=O)N1CCC(Cc2ccccc2)CC1. The average Bonchev–Trinajstić information content (AvgIpc) is 3.45. The first kappa shape index (κ1) is 22.6. The number of piperidine rings is 1. The van der Waals surface area contributed by atoms with E-state index in [1.165, 1.54) is 17.3 Å². The molecule has 1 saturated heterocycles. The summed E-state index contributed by atoms with van der Waals surface area (Å²) in [5, 5.41) is 9.36. The van der Waals surface area contributed by atoms with Gasteiger partial charge in [0.1, 0.15) is 11.6 Å². The van der Waals surface area contributed by atoms with Crippen LogP contribution in [0.1, 0.15) is 56.7 Å². The minimum Gasteiger partial charge on any atom is -0.467 e. The summed E-state index contributed by atoms with van der Waals surface area (Å²) in [6.07, 6.45) is 4.89. The van der Waals surface area contributed by atoms with Crippen LogP contribution in [0.25, 0.3) is 0 Å². The normalized spacial score (nSPS) is 15.9. The van der Waals surface area contributed by atoms with E-state index >= 15 is 0 Å². The Morgan fingerprint density at radius 1 is 1.09 bits per heavy atom. The molecule has 1 atom stereocenters. The van der Waals surface area contributed by atoms with Crippen LogP contribution in [0.2, 0.25) is 0 Å². The molecular weight excluding hydrogens is 420 g/mol. The molecule has 1 aromatic carbocycles. The number of aromatic nitrogens is 3. The van der Waals surface area contributed by atoms with E-state index < -0.39 is 0 Å². The number of hydrogen-bond acceptors (Lipinski definition) is 5. The molecule has 1 aliphatic rings. The fraction of sp³-hybridized carbons (Fsp3) is 0.480. The van der Waals surface area contributed by atoms with Gasteiger partial charge in [-0.05, 0) is 49.8 Å². The molecule has 6 nitrogen and oxygen atoms in total. The lowest BCUT2D eigenvalue weighted by Crippen LogP contribution is -2.42. The van der Waals surface area contributed by atoms with Gasteiger partial charge < -0.3 is 9.32 Å². The van der Waals surface area contributed by atoms with Gasteiger partial charge in [-0.2, -0.15) is 0 Å². The van der Waals surface area contributed by atoms with Crippen molar-refractivity contribution in [2.75, 3.05) is 13.1 Å². The minimum atomic E-state index is -0.208. The van der Waals surface area contributed by atoms with Crippen molar-refractivity contribution in [1.29, 1.82) is 0 Å². The highest BCUT2D eigenvalue weighted by molar-refractivity contribution is 8.00. The molecule has 32 heavy (non-hydrogen) atoms. The van der Waals surface area contributed by atoms with Crippen LogP contribution in [0.4, 0.5) is 0 Å². The Hall–Kier alpha value is -2.54. The van der Waals surface area contributed by atoms with Gasteiger partial charge >= 0.3 is 0 Å². The summed E-state index contributed by atoms with van der Waals surface area (Å²) in [6, 6.07) is 14.5. The van der Waals surface area contributed by atoms with Gasteiger partial charge in [0.05, 0.1) is 18.1 Å². The number of hydrogen-bond donors (Lipinski definition) is 0. The quantitative estimate of drug-likeness (QED) is 0.450. The highest BCUT2D eigenvalue weighted by atomic mass is 32.2. The first-order valence-electron chi connectivity index (χ1n) is 11.5. The first-order valence-corrected chi connectivity index (χ1v) is 12.3. The van der Waals surface area contributed by atoms with Crippen LogP contribution in [0.5, 0.6) is 0 Å². The number of likely N-dealkylation sites (tertiary alicyclic amines) is 1. The van der Waals surface area contributed by atoms with Gasteiger partial charge in [0.2, 0.25) is 5.91 Å². The van der Waals surface area contributed by atoms with Crippen LogP contribution < -0.4 is 0 Å². The number of amides is 1. The highest BCUT2D eigenvalue weighted by Gasteiger charge is 2.28. The number of furan rings is 1. The van der Waals surface area contributed by atoms with Crippen molar-refractivity contribution < 1.29 is 9.21 Å². The van der Waals surface area contributed by atoms with E-state index in [1.54, 1.807) is 6.26 Å². The van der Waals surface area contributed by atoms with Crippen molar-refractivity contribution in [3.8, 4) is 0 Å². The molecule has 7 heteroatoms. The Bertz CT molecular complexity index is 992. The summed E-state index contributed by atoms with van der Waals surface area (Å²) in [5.74, 6) is 2.83. The maximum atomic E-state index is 13.2. The second-order valence-corrected chi connectivity index (χ2v) is 10.2. The van der Waals surface area contributed by atoms with Gasteiger partial charge in [-0.3, -0.25) is 9.36 Å². The van der Waals surface area contributed by atoms with Crippen LogP contribution in [-0.2, 0) is 17.8 Å². The largest absolute Gasteiger partial charge is 0.467 e. The van der Waals surface area contributed by atoms with E-state index in [0.717, 1.165) is 49.1 Å². The van der Waals surface area contributed by atoms with Crippen molar-refractivity contribution in [3.63, 3.8) is 0 Å². The first-order chi connectivity index (χ1) is 15.5. The predicted octanol–water partition coefficient (Wildman–Crippen LogP) is 5.00. The number of thioether (sulfide) groups is 1. The van der Waals surface area contributed by atoms with E-state index in [9.17, 15) is 4.79 Å². The molecule has 1 aliphatic heterocycles. The number of carbonyl (C=O) groups is 1. The van der Waals surface area contributed by atoms with E-state index in [-0.39, 0.29) is 17.1 Å². The maximum Gasteiger partial charge on any atom is 0.235 e. The lowest BCUT2D eigenvalue weighted by molar-refractivity contribution is -0.131. The van der Waals surface area contributed by atoms with E-state index in [2.05, 4.69) is 58.9 Å². The molecule has 2 aromatic heterocycles. The Balaban J connectivity index is 1.36. The van der Waals surface area contributed by atoms with Gasteiger partial charge in [0.25, 0.3) is 0 Å². The van der Waals surface area contributed by atoms with Crippen LogP contribution >= 0.6 is 11.8 Å². The molecule has 0 radical (unpaired) electrons. The Morgan fingerprint density at radius 3 is 2.50 bits per heavy atom. The summed E-state index contributed by atoms with van der Waals surface area (Å²) in [5.41, 5.74) is 1.39. The molecule has 4 rings (SSSR count). The van der Waals surface area contributed by atoms with Crippen LogP contribution in [0.15, 0.2) is 58.3 Å². The molecule has 0 aliphatic carbocycles. The van der Waals surface area contributed by atoms with Gasteiger partial charge in [-0.1, -0.05) is 55.9 Å². The molecular formula is C25H32N4O2S. The smallest absolute Gasteiger partial charge is 0.235 e. The molecule has 0 N–H and O–H groups in total. The van der Waals surface area contributed by atoms with Crippen LogP contribution in [0, 0.1) is 5.92 Å². The third kappa shape index (κ3) is 5.44. The zero-order chi connectivity index (χ0) is 22.5. The Kier molecular flexibility index (Phi) is 7.35. The van der Waals surface area contributed by atoms with Crippen molar-refractivity contribution in [1.82, 2.24) is 19.7 Å². The third-order valence-corrected chi connectivity index (χ3v) is 7.15. The van der Waals surface area contributed by atoms with Gasteiger partial charge in [0.15, 0.2) is 5.16 Å². The minimum absolute atomic E-state index is 0.187. The zero-order valence-electron chi connectivity index (χ0n) is 19.1. The standard InChI is InChI=1S/C25H32N4O2S/c1-18(2)23-26-27-25(29(23)17-22-10-7-15-31-22)32-19(3)24(30)28-13-11-21(12-14-28)16-20-8-5-4-6-9-20/h4-10,15,18-19,21H,11-14,16-17H2,1-3H3. The van der Waals surface area contributed by atoms with Gasteiger partial charge in [-0.15, -0.1) is 10.2 Å². The molecule has 170 valence electrons. The monoisotopic (exact) mass is 452 g/mol. The van der Waals surface area contributed by atoms with Crippen molar-refractivity contribution in [2.45, 2.75) is 62.9 Å². The maximum absolute atomic E-state index is 13.2. The summed E-state index contributed by atoms with van der Waals surface area (Å²) in [7, 11) is 0. The van der Waals surface area contributed by atoms with Gasteiger partial charge in [-0.25, -0.2) is 0 Å². The fourth-order valence-electron chi connectivity index (χ4n) is 4.29.